The molecule has 1 aromatic carbocycles. The second-order valence-corrected chi connectivity index (χ2v) is 11.9. The number of piperidine rings is 1. The van der Waals surface area contributed by atoms with Gasteiger partial charge < -0.3 is 9.42 Å². The van der Waals surface area contributed by atoms with Crippen molar-refractivity contribution in [1.82, 2.24) is 15.1 Å². The molecule has 1 saturated heterocycles. The Balaban J connectivity index is 1.27. The number of nitrogens with zero attached hydrogens (tertiary/aromatic N) is 4. The highest BCUT2D eigenvalue weighted by Crippen LogP contribution is 2.54. The minimum absolute atomic E-state index is 0.0209. The number of benzene rings is 1. The second kappa shape index (κ2) is 9.77. The number of pyridine rings is 2. The Kier molecular flexibility index (Phi) is 6.62. The molecule has 40 heavy (non-hydrogen) atoms. The van der Waals surface area contributed by atoms with E-state index in [9.17, 15) is 13.2 Å². The minimum atomic E-state index is -4.44. The number of halogens is 5. The lowest BCUT2D eigenvalue weighted by molar-refractivity contribution is -0.136. The van der Waals surface area contributed by atoms with Gasteiger partial charge in [-0.1, -0.05) is 48.3 Å². The monoisotopic (exact) mass is 586 g/mol. The molecule has 1 spiro atoms. The molecule has 3 aromatic heterocycles. The average molecular weight is 587 g/mol. The van der Waals surface area contributed by atoms with E-state index >= 15 is 0 Å². The molecule has 10 heteroatoms. The maximum Gasteiger partial charge on any atom is 0.417 e. The van der Waals surface area contributed by atoms with Gasteiger partial charge in [-0.15, -0.1) is 0 Å². The van der Waals surface area contributed by atoms with E-state index in [1.165, 1.54) is 0 Å². The Morgan fingerprint density at radius 2 is 1.70 bits per heavy atom. The predicted octanol–water partition coefficient (Wildman–Crippen LogP) is 9.12. The summed E-state index contributed by atoms with van der Waals surface area (Å²) in [5, 5.41) is 5.33. The van der Waals surface area contributed by atoms with Crippen LogP contribution in [0.2, 0.25) is 10.0 Å². The Morgan fingerprint density at radius 1 is 1.02 bits per heavy atom. The molecular formula is C30H27Cl2F3N4O. The minimum Gasteiger partial charge on any atom is -0.371 e. The number of hydrogen-bond donors (Lipinski definition) is 0. The number of fused-ring (bicyclic) bond motifs is 1. The molecule has 0 amide bonds. The number of aromatic nitrogens is 3. The number of rotatable bonds is 4. The summed E-state index contributed by atoms with van der Waals surface area (Å²) in [6, 6.07) is 6.31. The number of allylic oxidation sites excluding steroid dienone is 2. The van der Waals surface area contributed by atoms with E-state index in [1.807, 2.05) is 6.07 Å². The van der Waals surface area contributed by atoms with Gasteiger partial charge >= 0.3 is 6.18 Å². The zero-order valence-electron chi connectivity index (χ0n) is 22.2. The van der Waals surface area contributed by atoms with Gasteiger partial charge in [0, 0.05) is 59.3 Å². The van der Waals surface area contributed by atoms with E-state index in [4.69, 9.17) is 27.7 Å². The average Bonchev–Trinajstić information content (AvgIpc) is 3.30. The Labute approximate surface area is 240 Å². The first-order valence-electron chi connectivity index (χ1n) is 13.2. The Bertz CT molecular complexity index is 1630. The van der Waals surface area contributed by atoms with Crippen molar-refractivity contribution in [2.75, 3.05) is 18.0 Å². The van der Waals surface area contributed by atoms with E-state index in [-0.39, 0.29) is 16.7 Å². The highest BCUT2D eigenvalue weighted by molar-refractivity contribution is 6.39. The highest BCUT2D eigenvalue weighted by Gasteiger charge is 2.43. The van der Waals surface area contributed by atoms with Crippen molar-refractivity contribution < 1.29 is 17.7 Å². The quantitative estimate of drug-likeness (QED) is 0.238. The van der Waals surface area contributed by atoms with Crippen LogP contribution >= 0.6 is 23.2 Å². The van der Waals surface area contributed by atoms with Crippen LogP contribution in [0.4, 0.5) is 18.9 Å². The van der Waals surface area contributed by atoms with Gasteiger partial charge in [-0.05, 0) is 61.4 Å². The molecule has 0 N–H and O–H groups in total. The molecule has 1 aliphatic carbocycles. The smallest absolute Gasteiger partial charge is 0.371 e. The van der Waals surface area contributed by atoms with Crippen molar-refractivity contribution in [2.24, 2.45) is 5.41 Å². The zero-order chi connectivity index (χ0) is 28.4. The van der Waals surface area contributed by atoms with Crippen molar-refractivity contribution in [3.8, 4) is 11.3 Å². The summed E-state index contributed by atoms with van der Waals surface area (Å²) < 4.78 is 47.1. The molecular weight excluding hydrogens is 560 g/mol. The zero-order valence-corrected chi connectivity index (χ0v) is 23.8. The van der Waals surface area contributed by atoms with Crippen LogP contribution in [-0.2, 0) is 6.18 Å². The fourth-order valence-corrected chi connectivity index (χ4v) is 6.55. The maximum absolute atomic E-state index is 13.8. The van der Waals surface area contributed by atoms with Gasteiger partial charge in [0.1, 0.15) is 11.5 Å². The Hall–Kier alpha value is -3.10. The van der Waals surface area contributed by atoms with Crippen LogP contribution < -0.4 is 4.90 Å². The summed E-state index contributed by atoms with van der Waals surface area (Å²) in [5.41, 5.74) is 4.20. The first-order chi connectivity index (χ1) is 19.0. The number of aryl methyl sites for hydroxylation is 1. The van der Waals surface area contributed by atoms with E-state index in [1.54, 1.807) is 31.5 Å². The molecule has 4 heterocycles. The summed E-state index contributed by atoms with van der Waals surface area (Å²) >= 11 is 12.9. The van der Waals surface area contributed by atoms with E-state index < -0.39 is 11.7 Å². The number of alkyl halides is 3. The van der Waals surface area contributed by atoms with Gasteiger partial charge in [0.15, 0.2) is 0 Å². The van der Waals surface area contributed by atoms with Crippen molar-refractivity contribution in [2.45, 2.75) is 52.1 Å². The third-order valence-corrected chi connectivity index (χ3v) is 8.60. The fourth-order valence-electron chi connectivity index (χ4n) is 6.00. The van der Waals surface area contributed by atoms with Crippen LogP contribution in [0.1, 0.15) is 61.6 Å². The Morgan fingerprint density at radius 3 is 2.33 bits per heavy atom. The van der Waals surface area contributed by atoms with E-state index in [2.05, 4.69) is 39.9 Å². The molecule has 208 valence electrons. The van der Waals surface area contributed by atoms with E-state index in [0.717, 1.165) is 61.0 Å². The largest absolute Gasteiger partial charge is 0.417 e. The van der Waals surface area contributed by atoms with Crippen LogP contribution in [0, 0.1) is 12.3 Å². The van der Waals surface area contributed by atoms with Crippen LogP contribution in [0.3, 0.4) is 0 Å². The first kappa shape index (κ1) is 27.1. The van der Waals surface area contributed by atoms with Gasteiger partial charge in [-0.25, -0.2) is 0 Å². The van der Waals surface area contributed by atoms with Gasteiger partial charge in [0.05, 0.1) is 21.1 Å². The standard InChI is InChI=1S/C30H27Cl2F3N4O/c1-16(2)28-25(27(38-40-28)26-22(31)14-36-15-23(26)32)18-12-29(13-18)6-8-39(9-7-29)19-4-5-24-20(11-19)21(30(33,34)35)10-17(3)37-24/h4-5,10-12,14-16H,6-9,13H2,1-3H3. The third kappa shape index (κ3) is 4.65. The molecule has 0 unspecified atom stereocenters. The molecule has 0 bridgehead atoms. The predicted molar refractivity (Wildman–Crippen MR) is 152 cm³/mol. The van der Waals surface area contributed by atoms with Crippen molar-refractivity contribution in [3.05, 3.63) is 75.4 Å². The summed E-state index contributed by atoms with van der Waals surface area (Å²) in [7, 11) is 0. The fraction of sp³-hybridized carbons (Fsp3) is 0.367. The van der Waals surface area contributed by atoms with Gasteiger partial charge in [-0.3, -0.25) is 9.97 Å². The highest BCUT2D eigenvalue weighted by atomic mass is 35.5. The van der Waals surface area contributed by atoms with Crippen LogP contribution in [0.5, 0.6) is 0 Å². The SMILES string of the molecule is Cc1cc(C(F)(F)F)c2cc(N3CCC4(C=C(c5c(-c6c(Cl)cncc6Cl)noc5C(C)C)C4)CC3)ccc2n1. The lowest BCUT2D eigenvalue weighted by Gasteiger charge is -2.47. The number of hydrogen-bond acceptors (Lipinski definition) is 5. The topological polar surface area (TPSA) is 55.1 Å². The summed E-state index contributed by atoms with van der Waals surface area (Å²) in [6.45, 7) is 7.18. The molecule has 0 atom stereocenters. The second-order valence-electron chi connectivity index (χ2n) is 11.1. The van der Waals surface area contributed by atoms with Gasteiger partial charge in [0.25, 0.3) is 0 Å². The van der Waals surface area contributed by atoms with Crippen LogP contribution in [0.25, 0.3) is 27.7 Å². The normalized spacial score (nSPS) is 17.0. The lowest BCUT2D eigenvalue weighted by atomic mass is 9.63. The molecule has 4 aromatic rings. The molecule has 2 aliphatic rings. The van der Waals surface area contributed by atoms with E-state index in [0.29, 0.717) is 32.5 Å². The van der Waals surface area contributed by atoms with Crippen molar-refractivity contribution in [1.29, 1.82) is 0 Å². The molecule has 1 aliphatic heterocycles. The maximum atomic E-state index is 13.8. The lowest BCUT2D eigenvalue weighted by Crippen LogP contribution is -2.42. The van der Waals surface area contributed by atoms with Crippen molar-refractivity contribution in [3.63, 3.8) is 0 Å². The molecule has 5 nitrogen and oxygen atoms in total. The van der Waals surface area contributed by atoms with Crippen LogP contribution in [-0.4, -0.2) is 28.2 Å². The molecule has 6 rings (SSSR count). The summed E-state index contributed by atoms with van der Waals surface area (Å²) in [4.78, 5) is 10.5. The molecule has 0 radical (unpaired) electrons. The summed E-state index contributed by atoms with van der Waals surface area (Å²) in [5.74, 6) is 0.903. The molecule has 0 saturated carbocycles. The first-order valence-corrected chi connectivity index (χ1v) is 14.0. The van der Waals surface area contributed by atoms with Crippen LogP contribution in [0.15, 0.2) is 47.3 Å². The molecule has 1 fully saturated rings. The van der Waals surface area contributed by atoms with Gasteiger partial charge in [0.2, 0.25) is 0 Å². The van der Waals surface area contributed by atoms with Crippen molar-refractivity contribution >= 4 is 45.4 Å². The summed E-state index contributed by atoms with van der Waals surface area (Å²) in [6.07, 6.45) is 3.60. The van der Waals surface area contributed by atoms with Gasteiger partial charge in [-0.2, -0.15) is 13.2 Å². The third-order valence-electron chi connectivity index (χ3n) is 8.03. The number of anilines is 1.